The van der Waals surface area contributed by atoms with Crippen LogP contribution in [0.2, 0.25) is 0 Å². The molecule has 3 aliphatic heterocycles. The highest BCUT2D eigenvalue weighted by molar-refractivity contribution is 8.15. The zero-order chi connectivity index (χ0) is 20.6. The van der Waals surface area contributed by atoms with Crippen LogP contribution in [0.3, 0.4) is 0 Å². The first kappa shape index (κ1) is 19.9. The van der Waals surface area contributed by atoms with Gasteiger partial charge >= 0.3 is 0 Å². The number of hydrogen-bond acceptors (Lipinski definition) is 4. The van der Waals surface area contributed by atoms with Gasteiger partial charge in [-0.3, -0.25) is 19.7 Å². The van der Waals surface area contributed by atoms with Crippen molar-refractivity contribution < 1.29 is 14.4 Å². The van der Waals surface area contributed by atoms with Gasteiger partial charge < -0.3 is 4.90 Å². The lowest BCUT2D eigenvalue weighted by Crippen LogP contribution is -2.64. The molecule has 6 heteroatoms. The molecule has 2 saturated carbocycles. The van der Waals surface area contributed by atoms with Gasteiger partial charge in [0.05, 0.1) is 5.92 Å². The van der Waals surface area contributed by atoms with Gasteiger partial charge in [0.15, 0.2) is 0 Å². The van der Waals surface area contributed by atoms with Crippen molar-refractivity contribution in [1.29, 1.82) is 0 Å². The van der Waals surface area contributed by atoms with E-state index in [9.17, 15) is 14.4 Å². The number of nitrogens with one attached hydrogen (secondary N) is 1. The van der Waals surface area contributed by atoms with Gasteiger partial charge in [-0.1, -0.05) is 44.4 Å². The number of piperidine rings is 1. The SMILES string of the molecule is CC1(C2CCCCC2)CC(C)(C)N2C(=O)C(C3SC(=O)NC3=O)C3CCCC1C32. The van der Waals surface area contributed by atoms with Crippen LogP contribution >= 0.6 is 11.8 Å². The number of carbonyl (C=O) groups is 3. The number of imide groups is 1. The van der Waals surface area contributed by atoms with E-state index in [0.717, 1.165) is 36.9 Å². The predicted molar refractivity (Wildman–Crippen MR) is 113 cm³/mol. The summed E-state index contributed by atoms with van der Waals surface area (Å²) in [6.45, 7) is 7.00. The highest BCUT2D eigenvalue weighted by atomic mass is 32.2. The largest absolute Gasteiger partial charge is 0.334 e. The first-order chi connectivity index (χ1) is 13.7. The van der Waals surface area contributed by atoms with Crippen molar-refractivity contribution in [1.82, 2.24) is 10.2 Å². The molecule has 3 heterocycles. The molecule has 6 unspecified atom stereocenters. The molecule has 2 aliphatic carbocycles. The molecule has 5 nitrogen and oxygen atoms in total. The third-order valence-corrected chi connectivity index (χ3v) is 10.2. The normalized spacial score (nSPS) is 44.7. The molecule has 0 bridgehead atoms. The van der Waals surface area contributed by atoms with Crippen molar-refractivity contribution in [3.05, 3.63) is 0 Å². The van der Waals surface area contributed by atoms with Gasteiger partial charge in [-0.25, -0.2) is 0 Å². The van der Waals surface area contributed by atoms with Gasteiger partial charge in [0.1, 0.15) is 5.25 Å². The molecule has 0 aromatic heterocycles. The summed E-state index contributed by atoms with van der Waals surface area (Å²) in [5.41, 5.74) is 0.0678. The first-order valence-electron chi connectivity index (χ1n) is 11.6. The summed E-state index contributed by atoms with van der Waals surface area (Å²) < 4.78 is 0. The van der Waals surface area contributed by atoms with Crippen LogP contribution < -0.4 is 5.32 Å². The Labute approximate surface area is 178 Å². The van der Waals surface area contributed by atoms with Gasteiger partial charge in [-0.05, 0) is 69.1 Å². The Morgan fingerprint density at radius 1 is 0.966 bits per heavy atom. The van der Waals surface area contributed by atoms with E-state index in [-0.39, 0.29) is 45.9 Å². The lowest BCUT2D eigenvalue weighted by Gasteiger charge is -2.62. The number of amides is 3. The van der Waals surface area contributed by atoms with Crippen LogP contribution in [-0.2, 0) is 9.59 Å². The average Bonchev–Trinajstić information content (AvgIpc) is 3.16. The lowest BCUT2D eigenvalue weighted by molar-refractivity contribution is -0.156. The third-order valence-electron chi connectivity index (χ3n) is 9.08. The molecule has 0 radical (unpaired) electrons. The molecule has 5 rings (SSSR count). The van der Waals surface area contributed by atoms with E-state index >= 15 is 0 Å². The summed E-state index contributed by atoms with van der Waals surface area (Å²) >= 11 is 1.05. The van der Waals surface area contributed by atoms with E-state index in [2.05, 4.69) is 31.0 Å². The fourth-order valence-electron chi connectivity index (χ4n) is 8.21. The predicted octanol–water partition coefficient (Wildman–Crippen LogP) is 4.35. The fraction of sp³-hybridized carbons (Fsp3) is 0.870. The van der Waals surface area contributed by atoms with E-state index in [1.165, 1.54) is 38.5 Å². The second-order valence-electron chi connectivity index (χ2n) is 11.1. The number of rotatable bonds is 2. The molecular formula is C23H34N2O3S. The van der Waals surface area contributed by atoms with E-state index < -0.39 is 5.25 Å². The van der Waals surface area contributed by atoms with Gasteiger partial charge in [0, 0.05) is 11.6 Å². The summed E-state index contributed by atoms with van der Waals surface area (Å²) in [4.78, 5) is 40.3. The van der Waals surface area contributed by atoms with Crippen molar-refractivity contribution in [3.8, 4) is 0 Å². The van der Waals surface area contributed by atoms with Crippen LogP contribution in [0, 0.1) is 29.1 Å². The van der Waals surface area contributed by atoms with E-state index in [1.807, 2.05) is 0 Å². The minimum absolute atomic E-state index is 0.130. The molecule has 0 aromatic rings. The summed E-state index contributed by atoms with van der Waals surface area (Å²) in [6.07, 6.45) is 11.1. The monoisotopic (exact) mass is 418 g/mol. The maximum absolute atomic E-state index is 13.7. The molecule has 160 valence electrons. The number of nitrogens with zero attached hydrogens (tertiary/aromatic N) is 1. The maximum Gasteiger partial charge on any atom is 0.286 e. The molecule has 5 fully saturated rings. The van der Waals surface area contributed by atoms with Crippen LogP contribution in [-0.4, -0.2) is 38.8 Å². The van der Waals surface area contributed by atoms with Crippen LogP contribution in [0.15, 0.2) is 0 Å². The number of thioether (sulfide) groups is 1. The molecule has 3 amide bonds. The standard InChI is InChI=1S/C23H34N2O3S/c1-22(2)12-23(3,13-8-5-4-6-9-13)15-11-7-10-14-16(20(27)25(22)17(14)15)18-19(26)24-21(28)29-18/h13-18H,4-12H2,1-3H3,(H,24,26,28). The highest BCUT2D eigenvalue weighted by Gasteiger charge is 2.66. The Balaban J connectivity index is 1.54. The minimum atomic E-state index is -0.541. The highest BCUT2D eigenvalue weighted by Crippen LogP contribution is 2.63. The molecule has 29 heavy (non-hydrogen) atoms. The molecule has 0 aromatic carbocycles. The zero-order valence-corrected chi connectivity index (χ0v) is 18.7. The van der Waals surface area contributed by atoms with Crippen LogP contribution in [0.1, 0.15) is 78.6 Å². The first-order valence-corrected chi connectivity index (χ1v) is 12.5. The number of hydrogen-bond donors (Lipinski definition) is 1. The summed E-state index contributed by atoms with van der Waals surface area (Å²) in [5, 5.41) is 1.59. The van der Waals surface area contributed by atoms with E-state index in [4.69, 9.17) is 0 Å². The van der Waals surface area contributed by atoms with Gasteiger partial charge in [-0.15, -0.1) is 0 Å². The van der Waals surface area contributed by atoms with Crippen LogP contribution in [0.4, 0.5) is 4.79 Å². The fourth-order valence-corrected chi connectivity index (χ4v) is 9.23. The topological polar surface area (TPSA) is 66.5 Å². The summed E-state index contributed by atoms with van der Waals surface area (Å²) in [7, 11) is 0. The quantitative estimate of drug-likeness (QED) is 0.724. The van der Waals surface area contributed by atoms with E-state index in [1.54, 1.807) is 0 Å². The van der Waals surface area contributed by atoms with Gasteiger partial charge in [0.2, 0.25) is 11.8 Å². The Morgan fingerprint density at radius 3 is 2.34 bits per heavy atom. The van der Waals surface area contributed by atoms with Gasteiger partial charge in [-0.2, -0.15) is 0 Å². The average molecular weight is 419 g/mol. The smallest absolute Gasteiger partial charge is 0.286 e. The molecule has 1 N–H and O–H groups in total. The lowest BCUT2D eigenvalue weighted by atomic mass is 9.51. The Kier molecular flexibility index (Phi) is 4.62. The summed E-state index contributed by atoms with van der Waals surface area (Å²) in [5.74, 6) is 1.01. The second-order valence-corrected chi connectivity index (χ2v) is 12.2. The zero-order valence-electron chi connectivity index (χ0n) is 17.9. The van der Waals surface area contributed by atoms with E-state index in [0.29, 0.717) is 5.92 Å². The Hall–Kier alpha value is -1.04. The Morgan fingerprint density at radius 2 is 1.69 bits per heavy atom. The maximum atomic E-state index is 13.7. The molecular weight excluding hydrogens is 384 g/mol. The number of carbonyl (C=O) groups excluding carboxylic acids is 3. The molecule has 6 atom stereocenters. The van der Waals surface area contributed by atoms with Gasteiger partial charge in [0.25, 0.3) is 5.24 Å². The Bertz CT molecular complexity index is 746. The minimum Gasteiger partial charge on any atom is -0.334 e. The van der Waals surface area contributed by atoms with Crippen molar-refractivity contribution in [2.45, 2.75) is 95.4 Å². The third kappa shape index (κ3) is 2.84. The second kappa shape index (κ2) is 6.73. The molecule has 3 saturated heterocycles. The van der Waals surface area contributed by atoms with Crippen LogP contribution in [0.25, 0.3) is 0 Å². The molecule has 0 spiro atoms. The van der Waals surface area contributed by atoms with Crippen molar-refractivity contribution in [2.75, 3.05) is 0 Å². The van der Waals surface area contributed by atoms with Crippen molar-refractivity contribution in [2.24, 2.45) is 29.1 Å². The van der Waals surface area contributed by atoms with Crippen LogP contribution in [0.5, 0.6) is 0 Å². The molecule has 5 aliphatic rings. The summed E-state index contributed by atoms with van der Waals surface area (Å²) in [6, 6.07) is 0.237. The van der Waals surface area contributed by atoms with Crippen molar-refractivity contribution >= 4 is 28.8 Å². The van der Waals surface area contributed by atoms with Crippen molar-refractivity contribution in [3.63, 3.8) is 0 Å².